The summed E-state index contributed by atoms with van der Waals surface area (Å²) in [5.74, 6) is 2.56. The van der Waals surface area contributed by atoms with Crippen LogP contribution in [-0.4, -0.2) is 56.2 Å². The summed E-state index contributed by atoms with van der Waals surface area (Å²) in [6, 6.07) is 7.10. The number of ether oxygens (including phenoxy) is 2. The fourth-order valence-corrected chi connectivity index (χ4v) is 4.13. The van der Waals surface area contributed by atoms with Crippen molar-refractivity contribution in [3.05, 3.63) is 23.8 Å². The molecule has 1 aromatic carbocycles. The zero-order valence-electron chi connectivity index (χ0n) is 15.5. The van der Waals surface area contributed by atoms with Crippen molar-refractivity contribution in [2.75, 3.05) is 40.4 Å². The average molecular weight is 332 g/mol. The van der Waals surface area contributed by atoms with Crippen molar-refractivity contribution in [2.24, 2.45) is 5.92 Å². The summed E-state index contributed by atoms with van der Waals surface area (Å²) in [5.41, 5.74) is 1.30. The molecule has 0 aromatic heterocycles. The summed E-state index contributed by atoms with van der Waals surface area (Å²) in [6.45, 7) is 8.16. The molecule has 4 heteroatoms. The van der Waals surface area contributed by atoms with E-state index in [1.165, 1.54) is 57.4 Å². The lowest BCUT2D eigenvalue weighted by atomic mass is 9.86. The number of hydrogen-bond acceptors (Lipinski definition) is 4. The van der Waals surface area contributed by atoms with Crippen molar-refractivity contribution in [2.45, 2.75) is 45.2 Å². The number of nitrogens with zero attached hydrogens (tertiary/aromatic N) is 2. The Bertz CT molecular complexity index is 518. The normalized spacial score (nSPS) is 26.3. The number of hydrogen-bond donors (Lipinski definition) is 0. The van der Waals surface area contributed by atoms with Gasteiger partial charge in [-0.3, -0.25) is 9.80 Å². The Morgan fingerprint density at radius 2 is 1.58 bits per heavy atom. The Labute approximate surface area is 146 Å². The van der Waals surface area contributed by atoms with E-state index in [9.17, 15) is 0 Å². The van der Waals surface area contributed by atoms with Crippen molar-refractivity contribution in [3.8, 4) is 11.5 Å². The van der Waals surface area contributed by atoms with Crippen LogP contribution in [0.4, 0.5) is 0 Å². The van der Waals surface area contributed by atoms with Gasteiger partial charge >= 0.3 is 0 Å². The molecule has 1 aliphatic carbocycles. The molecule has 2 fully saturated rings. The van der Waals surface area contributed by atoms with Gasteiger partial charge in [0.2, 0.25) is 0 Å². The Morgan fingerprint density at radius 3 is 2.21 bits per heavy atom. The van der Waals surface area contributed by atoms with Gasteiger partial charge < -0.3 is 9.47 Å². The molecule has 0 N–H and O–H groups in total. The van der Waals surface area contributed by atoms with E-state index >= 15 is 0 Å². The van der Waals surface area contributed by atoms with Crippen molar-refractivity contribution >= 4 is 0 Å². The van der Waals surface area contributed by atoms with Crippen LogP contribution in [0.25, 0.3) is 0 Å². The van der Waals surface area contributed by atoms with E-state index in [1.807, 2.05) is 6.07 Å². The smallest absolute Gasteiger partial charge is 0.161 e. The van der Waals surface area contributed by atoms with Crippen molar-refractivity contribution in [3.63, 3.8) is 0 Å². The van der Waals surface area contributed by atoms with Crippen molar-refractivity contribution in [1.82, 2.24) is 9.80 Å². The van der Waals surface area contributed by atoms with Crippen molar-refractivity contribution < 1.29 is 9.47 Å². The monoisotopic (exact) mass is 332 g/mol. The maximum Gasteiger partial charge on any atom is 0.161 e. The molecule has 1 aliphatic heterocycles. The first-order valence-corrected chi connectivity index (χ1v) is 9.37. The van der Waals surface area contributed by atoms with Gasteiger partial charge in [0, 0.05) is 38.8 Å². The summed E-state index contributed by atoms with van der Waals surface area (Å²) >= 11 is 0. The molecular formula is C20H32N2O2. The highest BCUT2D eigenvalue weighted by atomic mass is 16.5. The zero-order valence-corrected chi connectivity index (χ0v) is 15.5. The molecule has 1 aromatic rings. The average Bonchev–Trinajstić information content (AvgIpc) is 2.63. The minimum Gasteiger partial charge on any atom is -0.493 e. The van der Waals surface area contributed by atoms with E-state index in [1.54, 1.807) is 14.2 Å². The fourth-order valence-electron chi connectivity index (χ4n) is 4.13. The maximum absolute atomic E-state index is 5.42. The Balaban J connectivity index is 1.50. The lowest BCUT2D eigenvalue weighted by Crippen LogP contribution is -2.50. The second-order valence-electron chi connectivity index (χ2n) is 7.42. The zero-order chi connectivity index (χ0) is 16.9. The minimum absolute atomic E-state index is 0.803. The molecule has 0 unspecified atom stereocenters. The van der Waals surface area contributed by atoms with Crippen LogP contribution in [0.3, 0.4) is 0 Å². The predicted molar refractivity (Wildman–Crippen MR) is 97.8 cm³/mol. The van der Waals surface area contributed by atoms with Gasteiger partial charge in [-0.15, -0.1) is 0 Å². The van der Waals surface area contributed by atoms with Crippen LogP contribution in [-0.2, 0) is 6.54 Å². The molecule has 3 rings (SSSR count). The Morgan fingerprint density at radius 1 is 0.917 bits per heavy atom. The summed E-state index contributed by atoms with van der Waals surface area (Å²) in [6.07, 6.45) is 5.63. The third kappa shape index (κ3) is 4.22. The quantitative estimate of drug-likeness (QED) is 0.825. The van der Waals surface area contributed by atoms with Gasteiger partial charge in [-0.1, -0.05) is 13.0 Å². The molecule has 0 bridgehead atoms. The first-order valence-electron chi connectivity index (χ1n) is 9.37. The third-order valence-corrected chi connectivity index (χ3v) is 5.76. The Kier molecular flexibility index (Phi) is 6.01. The molecule has 0 amide bonds. The van der Waals surface area contributed by atoms with Crippen LogP contribution in [0.15, 0.2) is 18.2 Å². The summed E-state index contributed by atoms with van der Waals surface area (Å²) in [4.78, 5) is 5.29. The van der Waals surface area contributed by atoms with Crippen LogP contribution >= 0.6 is 0 Å². The maximum atomic E-state index is 5.42. The van der Waals surface area contributed by atoms with Crippen LogP contribution in [0, 0.1) is 5.92 Å². The minimum atomic E-state index is 0.803. The van der Waals surface area contributed by atoms with E-state index in [2.05, 4.69) is 28.9 Å². The standard InChI is InChI=1S/C20H32N2O2/c1-16-4-7-18(8-5-16)22-12-10-21(11-13-22)15-17-6-9-19(23-2)20(14-17)24-3/h6,9,14,16,18H,4-5,7-8,10-13,15H2,1-3H3. The van der Waals surface area contributed by atoms with E-state index < -0.39 is 0 Å². The van der Waals surface area contributed by atoms with Crippen molar-refractivity contribution in [1.29, 1.82) is 0 Å². The molecular weight excluding hydrogens is 300 g/mol. The second-order valence-corrected chi connectivity index (χ2v) is 7.42. The van der Waals surface area contributed by atoms with Crippen LogP contribution in [0.5, 0.6) is 11.5 Å². The molecule has 134 valence electrons. The Hall–Kier alpha value is -1.26. The first-order chi connectivity index (χ1) is 11.7. The molecule has 0 spiro atoms. The third-order valence-electron chi connectivity index (χ3n) is 5.76. The molecule has 0 radical (unpaired) electrons. The second kappa shape index (κ2) is 8.21. The molecule has 1 saturated heterocycles. The predicted octanol–water partition coefficient (Wildman–Crippen LogP) is 3.40. The highest BCUT2D eigenvalue weighted by molar-refractivity contribution is 5.42. The highest BCUT2D eigenvalue weighted by Gasteiger charge is 2.27. The highest BCUT2D eigenvalue weighted by Crippen LogP contribution is 2.29. The van der Waals surface area contributed by atoms with E-state index in [-0.39, 0.29) is 0 Å². The van der Waals surface area contributed by atoms with Gasteiger partial charge in [-0.25, -0.2) is 0 Å². The summed E-state index contributed by atoms with van der Waals surface area (Å²) < 4.78 is 10.7. The molecule has 0 atom stereocenters. The molecule has 24 heavy (non-hydrogen) atoms. The van der Waals surface area contributed by atoms with Gasteiger partial charge in [-0.05, 0) is 49.3 Å². The molecule has 2 aliphatic rings. The number of piperazine rings is 1. The fraction of sp³-hybridized carbons (Fsp3) is 0.700. The number of rotatable bonds is 5. The van der Waals surface area contributed by atoms with Gasteiger partial charge in [0.1, 0.15) is 0 Å². The lowest BCUT2D eigenvalue weighted by Gasteiger charge is -2.41. The summed E-state index contributed by atoms with van der Waals surface area (Å²) in [7, 11) is 3.38. The van der Waals surface area contributed by atoms with Crippen LogP contribution in [0.2, 0.25) is 0 Å². The lowest BCUT2D eigenvalue weighted by molar-refractivity contribution is 0.0689. The largest absolute Gasteiger partial charge is 0.493 e. The van der Waals surface area contributed by atoms with Gasteiger partial charge in [-0.2, -0.15) is 0 Å². The molecule has 1 heterocycles. The number of benzene rings is 1. The number of methoxy groups -OCH3 is 2. The van der Waals surface area contributed by atoms with Gasteiger partial charge in [0.25, 0.3) is 0 Å². The first kappa shape index (κ1) is 17.6. The molecule has 1 saturated carbocycles. The van der Waals surface area contributed by atoms with Gasteiger partial charge in [0.05, 0.1) is 14.2 Å². The van der Waals surface area contributed by atoms with E-state index in [4.69, 9.17) is 9.47 Å². The van der Waals surface area contributed by atoms with Crippen LogP contribution in [0.1, 0.15) is 38.2 Å². The van der Waals surface area contributed by atoms with Gasteiger partial charge in [0.15, 0.2) is 11.5 Å². The SMILES string of the molecule is COc1ccc(CN2CCN(C3CCC(C)CC3)CC2)cc1OC. The van der Waals surface area contributed by atoms with E-state index in [0.717, 1.165) is 30.0 Å². The van der Waals surface area contributed by atoms with Crippen LogP contribution < -0.4 is 9.47 Å². The van der Waals surface area contributed by atoms with E-state index in [0.29, 0.717) is 0 Å². The molecule has 4 nitrogen and oxygen atoms in total. The summed E-state index contributed by atoms with van der Waals surface area (Å²) in [5, 5.41) is 0. The topological polar surface area (TPSA) is 24.9 Å².